The van der Waals surface area contributed by atoms with Gasteiger partial charge in [-0.05, 0) is 17.2 Å². The zero-order valence-electron chi connectivity index (χ0n) is 21.1. The lowest BCUT2D eigenvalue weighted by molar-refractivity contribution is -0.384. The van der Waals surface area contributed by atoms with Crippen LogP contribution in [0.3, 0.4) is 0 Å². The van der Waals surface area contributed by atoms with Crippen LogP contribution in [0, 0.1) is 15.5 Å². The number of ketones is 3. The summed E-state index contributed by atoms with van der Waals surface area (Å²) in [6.07, 6.45) is 3.77. The van der Waals surface area contributed by atoms with Gasteiger partial charge >= 0.3 is 0 Å². The van der Waals surface area contributed by atoms with E-state index in [-0.39, 0.29) is 23.0 Å². The third-order valence-electron chi connectivity index (χ3n) is 8.50. The van der Waals surface area contributed by atoms with Gasteiger partial charge in [-0.1, -0.05) is 97.1 Å². The fourth-order valence-electron chi connectivity index (χ4n) is 6.87. The molecule has 1 aliphatic carbocycles. The van der Waals surface area contributed by atoms with Gasteiger partial charge in [0.15, 0.2) is 17.3 Å². The van der Waals surface area contributed by atoms with Crippen molar-refractivity contribution in [3.8, 4) is 0 Å². The lowest BCUT2D eigenvalue weighted by Crippen LogP contribution is -2.48. The lowest BCUT2D eigenvalue weighted by atomic mass is 9.64. The van der Waals surface area contributed by atoms with Gasteiger partial charge in [-0.2, -0.15) is 0 Å². The number of hydrogen-bond acceptors (Lipinski definition) is 6. The Morgan fingerprint density at radius 3 is 2.02 bits per heavy atom. The third-order valence-corrected chi connectivity index (χ3v) is 8.50. The molecule has 0 radical (unpaired) electrons. The van der Waals surface area contributed by atoms with E-state index < -0.39 is 28.3 Å². The van der Waals surface area contributed by atoms with Crippen LogP contribution < -0.4 is 4.90 Å². The number of para-hydroxylation sites is 1. The average molecular weight is 527 g/mol. The summed E-state index contributed by atoms with van der Waals surface area (Å²) in [7, 11) is 0. The van der Waals surface area contributed by atoms with Gasteiger partial charge in [0, 0.05) is 40.4 Å². The molecule has 7 heteroatoms. The molecule has 0 aromatic heterocycles. The second kappa shape index (κ2) is 8.68. The molecule has 3 atom stereocenters. The predicted octanol–water partition coefficient (Wildman–Crippen LogP) is 5.91. The summed E-state index contributed by atoms with van der Waals surface area (Å²) in [5.74, 6) is -1.81. The second-order valence-corrected chi connectivity index (χ2v) is 10.3. The predicted molar refractivity (Wildman–Crippen MR) is 150 cm³/mol. The molecule has 1 saturated heterocycles. The smallest absolute Gasteiger partial charge is 0.269 e. The maximum atomic E-state index is 14.6. The molecule has 3 aliphatic rings. The molecule has 0 saturated carbocycles. The van der Waals surface area contributed by atoms with Crippen molar-refractivity contribution in [3.63, 3.8) is 0 Å². The van der Waals surface area contributed by atoms with E-state index in [1.54, 1.807) is 60.7 Å². The van der Waals surface area contributed by atoms with Crippen LogP contribution in [-0.4, -0.2) is 34.4 Å². The Morgan fingerprint density at radius 1 is 0.775 bits per heavy atom. The fraction of sp³-hybridized carbons (Fsp3) is 0.121. The van der Waals surface area contributed by atoms with Gasteiger partial charge in [-0.15, -0.1) is 0 Å². The van der Waals surface area contributed by atoms with Crippen molar-refractivity contribution in [2.75, 3.05) is 4.90 Å². The molecule has 2 aliphatic heterocycles. The zero-order valence-corrected chi connectivity index (χ0v) is 21.1. The van der Waals surface area contributed by atoms with Crippen molar-refractivity contribution in [2.24, 2.45) is 5.41 Å². The number of carbonyl (C=O) groups is 3. The Labute approximate surface area is 229 Å². The number of nitrogens with zero attached hydrogens (tertiary/aromatic N) is 2. The van der Waals surface area contributed by atoms with Gasteiger partial charge < -0.3 is 4.90 Å². The number of nitro groups is 1. The minimum atomic E-state index is -1.64. The first-order valence-corrected chi connectivity index (χ1v) is 13.0. The molecule has 4 aromatic carbocycles. The highest BCUT2D eigenvalue weighted by Gasteiger charge is 2.71. The van der Waals surface area contributed by atoms with E-state index in [4.69, 9.17) is 0 Å². The second-order valence-electron chi connectivity index (χ2n) is 10.3. The lowest BCUT2D eigenvalue weighted by Gasteiger charge is -2.37. The molecule has 7 rings (SSSR count). The molecule has 2 heterocycles. The molecular weight excluding hydrogens is 504 g/mol. The molecule has 40 heavy (non-hydrogen) atoms. The molecular formula is C33H22N2O5. The van der Waals surface area contributed by atoms with Crippen molar-refractivity contribution >= 4 is 34.8 Å². The van der Waals surface area contributed by atoms with Crippen LogP contribution in [0.1, 0.15) is 48.1 Å². The zero-order chi connectivity index (χ0) is 27.6. The number of Topliss-reactive ketones (excluding diaryl/α,β-unsaturated/α-hetero) is 3. The molecule has 194 valence electrons. The van der Waals surface area contributed by atoms with Crippen LogP contribution in [0.25, 0.3) is 6.08 Å². The molecule has 7 nitrogen and oxygen atoms in total. The number of carbonyl (C=O) groups excluding carboxylic acids is 3. The van der Waals surface area contributed by atoms with Crippen LogP contribution >= 0.6 is 0 Å². The summed E-state index contributed by atoms with van der Waals surface area (Å²) in [5, 5.41) is 11.5. The Kier molecular flexibility index (Phi) is 5.19. The van der Waals surface area contributed by atoms with E-state index in [0.717, 1.165) is 11.3 Å². The molecule has 0 unspecified atom stereocenters. The number of fused-ring (bicyclic) bond motifs is 5. The fourth-order valence-corrected chi connectivity index (χ4v) is 6.87. The van der Waals surface area contributed by atoms with Crippen LogP contribution in [0.2, 0.25) is 0 Å². The van der Waals surface area contributed by atoms with Gasteiger partial charge in [0.25, 0.3) is 5.69 Å². The van der Waals surface area contributed by atoms with Gasteiger partial charge in [0.05, 0.1) is 11.0 Å². The number of anilines is 1. The monoisotopic (exact) mass is 526 g/mol. The van der Waals surface area contributed by atoms with Crippen molar-refractivity contribution < 1.29 is 19.3 Å². The van der Waals surface area contributed by atoms with Crippen molar-refractivity contribution in [2.45, 2.75) is 18.0 Å². The highest BCUT2D eigenvalue weighted by Crippen LogP contribution is 2.61. The van der Waals surface area contributed by atoms with Crippen LogP contribution in [0.5, 0.6) is 0 Å². The third kappa shape index (κ3) is 3.09. The summed E-state index contributed by atoms with van der Waals surface area (Å²) >= 11 is 0. The Morgan fingerprint density at radius 2 is 1.38 bits per heavy atom. The minimum Gasteiger partial charge on any atom is -0.352 e. The van der Waals surface area contributed by atoms with Crippen molar-refractivity contribution in [3.05, 3.63) is 147 Å². The normalized spacial score (nSPS) is 21.7. The topological polar surface area (TPSA) is 97.6 Å². The number of benzene rings is 4. The molecule has 1 fully saturated rings. The van der Waals surface area contributed by atoms with E-state index in [1.165, 1.54) is 12.1 Å². The standard InChI is InChI=1S/C33H22N2O5/c36-30(22-9-2-1-3-10-22)29-28(21-14-17-23(18-15-21)35(39)40)33(31(37)24-11-5-6-12-25(24)32(33)38)27-19-16-20-8-4-7-13-26(20)34(27)29/h1-19,27-29H/t27-,28-,29-/m1/s1. The van der Waals surface area contributed by atoms with Crippen molar-refractivity contribution in [1.82, 2.24) is 0 Å². The van der Waals surface area contributed by atoms with E-state index in [9.17, 15) is 24.5 Å². The summed E-state index contributed by atoms with van der Waals surface area (Å²) in [5.41, 5.74) is 1.52. The highest BCUT2D eigenvalue weighted by atomic mass is 16.6. The Bertz CT molecular complexity index is 1720. The van der Waals surface area contributed by atoms with Gasteiger partial charge in [0.1, 0.15) is 11.5 Å². The first-order valence-electron chi connectivity index (χ1n) is 13.0. The van der Waals surface area contributed by atoms with Gasteiger partial charge in [-0.3, -0.25) is 24.5 Å². The van der Waals surface area contributed by atoms with E-state index in [2.05, 4.69) is 0 Å². The number of rotatable bonds is 4. The molecule has 0 amide bonds. The maximum absolute atomic E-state index is 14.6. The minimum absolute atomic E-state index is 0.114. The summed E-state index contributed by atoms with van der Waals surface area (Å²) in [6.45, 7) is 0. The number of nitro benzene ring substituents is 1. The summed E-state index contributed by atoms with van der Waals surface area (Å²) in [6, 6.07) is 27.5. The Hall–Kier alpha value is -5.17. The van der Waals surface area contributed by atoms with Crippen LogP contribution in [-0.2, 0) is 0 Å². The quantitative estimate of drug-likeness (QED) is 0.142. The van der Waals surface area contributed by atoms with Crippen LogP contribution in [0.15, 0.2) is 109 Å². The highest BCUT2D eigenvalue weighted by molar-refractivity contribution is 6.32. The largest absolute Gasteiger partial charge is 0.352 e. The van der Waals surface area contributed by atoms with Crippen molar-refractivity contribution in [1.29, 1.82) is 0 Å². The average Bonchev–Trinajstić information content (AvgIpc) is 3.43. The number of hydrogen-bond donors (Lipinski definition) is 0. The molecule has 4 aromatic rings. The first kappa shape index (κ1) is 23.9. The van der Waals surface area contributed by atoms with E-state index in [0.29, 0.717) is 22.3 Å². The number of non-ortho nitro benzene ring substituents is 1. The van der Waals surface area contributed by atoms with Gasteiger partial charge in [0.2, 0.25) is 0 Å². The Balaban J connectivity index is 1.54. The molecule has 0 N–H and O–H groups in total. The SMILES string of the molecule is O=C(c1ccccc1)[C@H]1[C@@H](c2ccc([N+](=O)[O-])cc2)C2(C(=O)c3ccccc3C2=O)[C@H]2C=Cc3ccccc3N12. The summed E-state index contributed by atoms with van der Waals surface area (Å²) < 4.78 is 0. The van der Waals surface area contributed by atoms with Crippen LogP contribution in [0.4, 0.5) is 11.4 Å². The molecule has 1 spiro atoms. The van der Waals surface area contributed by atoms with E-state index in [1.807, 2.05) is 47.4 Å². The summed E-state index contributed by atoms with van der Waals surface area (Å²) in [4.78, 5) is 56.5. The van der Waals surface area contributed by atoms with E-state index >= 15 is 0 Å². The first-order chi connectivity index (χ1) is 19.4. The molecule has 0 bridgehead atoms. The maximum Gasteiger partial charge on any atom is 0.269 e. The van der Waals surface area contributed by atoms with Gasteiger partial charge in [-0.25, -0.2) is 0 Å².